The van der Waals surface area contributed by atoms with Crippen LogP contribution in [0.5, 0.6) is 5.75 Å². The van der Waals surface area contributed by atoms with Crippen LogP contribution in [0, 0.1) is 0 Å². The molecule has 0 aliphatic carbocycles. The molecule has 0 aliphatic heterocycles. The van der Waals surface area contributed by atoms with Crippen molar-refractivity contribution in [1.82, 2.24) is 9.97 Å². The SMILES string of the molecule is COc1c(C(=O)c2ccncc2C(=O)O)[nH]c2ccccc12. The van der Waals surface area contributed by atoms with Gasteiger partial charge in [-0.25, -0.2) is 4.79 Å². The van der Waals surface area contributed by atoms with Crippen LogP contribution in [-0.4, -0.2) is 33.9 Å². The molecule has 2 N–H and O–H groups in total. The molecule has 6 nitrogen and oxygen atoms in total. The molecule has 0 atom stereocenters. The third kappa shape index (κ3) is 2.10. The number of para-hydroxylation sites is 1. The molecule has 6 heteroatoms. The first-order valence-corrected chi connectivity index (χ1v) is 6.50. The van der Waals surface area contributed by atoms with Crippen molar-refractivity contribution in [3.8, 4) is 5.75 Å². The molecule has 2 heterocycles. The maximum atomic E-state index is 12.7. The summed E-state index contributed by atoms with van der Waals surface area (Å²) in [6, 6.07) is 8.70. The van der Waals surface area contributed by atoms with Crippen LogP contribution >= 0.6 is 0 Å². The van der Waals surface area contributed by atoms with Gasteiger partial charge in [0.05, 0.1) is 12.7 Å². The smallest absolute Gasteiger partial charge is 0.338 e. The highest BCUT2D eigenvalue weighted by Crippen LogP contribution is 2.31. The second-order valence-corrected chi connectivity index (χ2v) is 4.63. The number of pyridine rings is 1. The zero-order chi connectivity index (χ0) is 15.7. The number of nitrogens with one attached hydrogen (secondary N) is 1. The number of rotatable bonds is 4. The van der Waals surface area contributed by atoms with Gasteiger partial charge in [0.1, 0.15) is 5.69 Å². The Bertz CT molecular complexity index is 883. The normalized spacial score (nSPS) is 10.6. The van der Waals surface area contributed by atoms with Crippen molar-refractivity contribution in [2.45, 2.75) is 0 Å². The third-order valence-corrected chi connectivity index (χ3v) is 3.39. The molecular formula is C16H12N2O4. The predicted octanol–water partition coefficient (Wildman–Crippen LogP) is 2.50. The van der Waals surface area contributed by atoms with E-state index in [0.717, 1.165) is 17.1 Å². The highest BCUT2D eigenvalue weighted by molar-refractivity contribution is 6.16. The minimum atomic E-state index is -1.20. The van der Waals surface area contributed by atoms with E-state index in [1.807, 2.05) is 24.3 Å². The fourth-order valence-electron chi connectivity index (χ4n) is 2.39. The number of benzene rings is 1. The number of fused-ring (bicyclic) bond motifs is 1. The molecule has 3 rings (SSSR count). The van der Waals surface area contributed by atoms with Crippen LogP contribution in [0.15, 0.2) is 42.7 Å². The molecule has 0 bridgehead atoms. The number of ketones is 1. The number of aromatic nitrogens is 2. The lowest BCUT2D eigenvalue weighted by Crippen LogP contribution is -2.11. The van der Waals surface area contributed by atoms with Crippen molar-refractivity contribution in [3.05, 3.63) is 59.5 Å². The van der Waals surface area contributed by atoms with Gasteiger partial charge in [-0.3, -0.25) is 9.78 Å². The van der Waals surface area contributed by atoms with Gasteiger partial charge in [-0.2, -0.15) is 0 Å². The molecule has 0 aliphatic rings. The van der Waals surface area contributed by atoms with Gasteiger partial charge < -0.3 is 14.8 Å². The van der Waals surface area contributed by atoms with Crippen LogP contribution in [0.1, 0.15) is 26.4 Å². The number of methoxy groups -OCH3 is 1. The van der Waals surface area contributed by atoms with Gasteiger partial charge in [0.2, 0.25) is 5.78 Å². The Morgan fingerprint density at radius 3 is 2.68 bits per heavy atom. The Labute approximate surface area is 125 Å². The minimum absolute atomic E-state index is 0.0624. The number of carboxylic acids is 1. The molecule has 2 aromatic heterocycles. The van der Waals surface area contributed by atoms with Crippen molar-refractivity contribution in [2.75, 3.05) is 7.11 Å². The molecule has 22 heavy (non-hydrogen) atoms. The summed E-state index contributed by atoms with van der Waals surface area (Å²) in [6.45, 7) is 0. The number of carboxylic acid groups (broad SMARTS) is 1. The summed E-state index contributed by atoms with van der Waals surface area (Å²) in [5, 5.41) is 9.96. The van der Waals surface area contributed by atoms with Crippen molar-refractivity contribution < 1.29 is 19.4 Å². The highest BCUT2D eigenvalue weighted by atomic mass is 16.5. The van der Waals surface area contributed by atoms with Gasteiger partial charge in [0.15, 0.2) is 5.75 Å². The Morgan fingerprint density at radius 1 is 1.18 bits per heavy atom. The average Bonchev–Trinajstić information content (AvgIpc) is 2.92. The Morgan fingerprint density at radius 2 is 1.95 bits per heavy atom. The van der Waals surface area contributed by atoms with E-state index in [1.165, 1.54) is 19.4 Å². The van der Waals surface area contributed by atoms with Gasteiger partial charge in [-0.05, 0) is 18.2 Å². The van der Waals surface area contributed by atoms with E-state index in [-0.39, 0.29) is 16.8 Å². The average molecular weight is 296 g/mol. The second kappa shape index (κ2) is 5.33. The number of nitrogens with zero attached hydrogens (tertiary/aromatic N) is 1. The summed E-state index contributed by atoms with van der Waals surface area (Å²) >= 11 is 0. The first kappa shape index (κ1) is 13.8. The molecule has 0 saturated carbocycles. The lowest BCUT2D eigenvalue weighted by Gasteiger charge is -2.05. The van der Waals surface area contributed by atoms with Crippen LogP contribution in [0.2, 0.25) is 0 Å². The molecule has 0 radical (unpaired) electrons. The molecule has 3 aromatic rings. The number of H-pyrrole nitrogens is 1. The number of aromatic carboxylic acids is 1. The molecule has 0 unspecified atom stereocenters. The van der Waals surface area contributed by atoms with E-state index in [1.54, 1.807) is 0 Å². The summed E-state index contributed by atoms with van der Waals surface area (Å²) in [4.78, 5) is 30.7. The molecule has 0 fully saturated rings. The first-order chi connectivity index (χ1) is 10.6. The van der Waals surface area contributed by atoms with Gasteiger partial charge in [0, 0.05) is 28.9 Å². The van der Waals surface area contributed by atoms with Gasteiger partial charge in [-0.15, -0.1) is 0 Å². The predicted molar refractivity (Wildman–Crippen MR) is 79.5 cm³/mol. The highest BCUT2D eigenvalue weighted by Gasteiger charge is 2.24. The van der Waals surface area contributed by atoms with E-state index in [9.17, 15) is 14.7 Å². The standard InChI is InChI=1S/C16H12N2O4/c1-22-15-10-4-2-3-5-12(10)18-13(15)14(19)9-6-7-17-8-11(9)16(20)21/h2-8,18H,1H3,(H,20,21). The largest absolute Gasteiger partial charge is 0.494 e. The van der Waals surface area contributed by atoms with E-state index in [4.69, 9.17) is 4.74 Å². The van der Waals surface area contributed by atoms with Gasteiger partial charge >= 0.3 is 5.97 Å². The number of aromatic amines is 1. The third-order valence-electron chi connectivity index (χ3n) is 3.39. The number of carbonyl (C=O) groups excluding carboxylic acids is 1. The van der Waals surface area contributed by atoms with Crippen LogP contribution in [0.4, 0.5) is 0 Å². The maximum Gasteiger partial charge on any atom is 0.338 e. The molecule has 0 saturated heterocycles. The monoisotopic (exact) mass is 296 g/mol. The van der Waals surface area contributed by atoms with Crippen LogP contribution < -0.4 is 4.74 Å². The Kier molecular flexibility index (Phi) is 3.34. The first-order valence-electron chi connectivity index (χ1n) is 6.50. The molecule has 0 amide bonds. The van der Waals surface area contributed by atoms with E-state index in [0.29, 0.717) is 5.75 Å². The van der Waals surface area contributed by atoms with Crippen molar-refractivity contribution in [1.29, 1.82) is 0 Å². The molecule has 1 aromatic carbocycles. The lowest BCUT2D eigenvalue weighted by atomic mass is 10.0. The summed E-state index contributed by atoms with van der Waals surface area (Å²) in [5.41, 5.74) is 0.881. The van der Waals surface area contributed by atoms with Gasteiger partial charge in [0.25, 0.3) is 0 Å². The summed E-state index contributed by atoms with van der Waals surface area (Å²) in [7, 11) is 1.47. The summed E-state index contributed by atoms with van der Waals surface area (Å²) in [5.74, 6) is -1.26. The fraction of sp³-hybridized carbons (Fsp3) is 0.0625. The maximum absolute atomic E-state index is 12.7. The summed E-state index contributed by atoms with van der Waals surface area (Å²) in [6.07, 6.45) is 2.54. The molecule has 0 spiro atoms. The van der Waals surface area contributed by atoms with Crippen molar-refractivity contribution in [2.24, 2.45) is 0 Å². The molecular weight excluding hydrogens is 284 g/mol. The zero-order valence-electron chi connectivity index (χ0n) is 11.7. The van der Waals surface area contributed by atoms with E-state index >= 15 is 0 Å². The van der Waals surface area contributed by atoms with Crippen LogP contribution in [-0.2, 0) is 0 Å². The number of ether oxygens (including phenoxy) is 1. The van der Waals surface area contributed by atoms with Gasteiger partial charge in [-0.1, -0.05) is 12.1 Å². The van der Waals surface area contributed by atoms with Crippen LogP contribution in [0.3, 0.4) is 0 Å². The van der Waals surface area contributed by atoms with Crippen molar-refractivity contribution >= 4 is 22.7 Å². The Hall–Kier alpha value is -3.15. The minimum Gasteiger partial charge on any atom is -0.494 e. The lowest BCUT2D eigenvalue weighted by molar-refractivity contribution is 0.0692. The van der Waals surface area contributed by atoms with E-state index in [2.05, 4.69) is 9.97 Å². The molecule has 110 valence electrons. The van der Waals surface area contributed by atoms with Crippen LogP contribution in [0.25, 0.3) is 10.9 Å². The Balaban J connectivity index is 2.20. The number of hydrogen-bond acceptors (Lipinski definition) is 4. The van der Waals surface area contributed by atoms with Crippen molar-refractivity contribution in [3.63, 3.8) is 0 Å². The number of hydrogen-bond donors (Lipinski definition) is 2. The van der Waals surface area contributed by atoms with E-state index < -0.39 is 11.8 Å². The fourth-order valence-corrected chi connectivity index (χ4v) is 2.39. The zero-order valence-corrected chi connectivity index (χ0v) is 11.7. The topological polar surface area (TPSA) is 92.3 Å². The summed E-state index contributed by atoms with van der Waals surface area (Å²) < 4.78 is 5.33. The second-order valence-electron chi connectivity index (χ2n) is 4.63. The quantitative estimate of drug-likeness (QED) is 0.722. The number of carbonyl (C=O) groups is 2.